The van der Waals surface area contributed by atoms with Gasteiger partial charge in [-0.1, -0.05) is 84.0 Å². The summed E-state index contributed by atoms with van der Waals surface area (Å²) in [5, 5.41) is 26.4. The summed E-state index contributed by atoms with van der Waals surface area (Å²) in [4.78, 5) is 56.8. The fraction of sp³-hybridized carbons (Fsp3) is 0.250. The van der Waals surface area contributed by atoms with Crippen molar-refractivity contribution in [3.8, 4) is 0 Å². The van der Waals surface area contributed by atoms with Gasteiger partial charge in [0.2, 0.25) is 11.8 Å². The van der Waals surface area contributed by atoms with Crippen molar-refractivity contribution in [2.24, 2.45) is 0 Å². The van der Waals surface area contributed by atoms with Gasteiger partial charge in [0.25, 0.3) is 5.91 Å². The Labute approximate surface area is 277 Å². The number of hydrogen-bond donors (Lipinski definition) is 6. The van der Waals surface area contributed by atoms with Crippen molar-refractivity contribution < 1.29 is 28.8 Å². The first-order valence-corrected chi connectivity index (χ1v) is 15.6. The van der Waals surface area contributed by atoms with Crippen LogP contribution < -0.4 is 21.3 Å². The lowest BCUT2D eigenvalue weighted by Crippen LogP contribution is -2.58. The predicted molar refractivity (Wildman–Crippen MR) is 178 cm³/mol. The molecule has 0 aliphatic rings. The minimum Gasteiger partial charge on any atom is -0.371 e. The van der Waals surface area contributed by atoms with E-state index in [0.717, 1.165) is 27.6 Å². The molecule has 0 aliphatic carbocycles. The molecule has 5 rings (SSSR count). The number of aliphatic hydroxyl groups excluding tert-OH is 1. The van der Waals surface area contributed by atoms with Gasteiger partial charge >= 0.3 is 0 Å². The van der Waals surface area contributed by atoms with Crippen LogP contribution in [0.15, 0.2) is 102 Å². The zero-order valence-electron chi connectivity index (χ0n) is 26.6. The molecule has 1 unspecified atom stereocenters. The normalized spacial score (nSPS) is 13.6. The Bertz CT molecular complexity index is 1850. The topological polar surface area (TPSA) is 178 Å². The zero-order chi connectivity index (χ0) is 34.0. The molecule has 0 aliphatic heterocycles. The van der Waals surface area contributed by atoms with Gasteiger partial charge in [0.15, 0.2) is 17.7 Å². The molecule has 5 aromatic rings. The lowest BCUT2D eigenvalue weighted by Gasteiger charge is -2.26. The summed E-state index contributed by atoms with van der Waals surface area (Å²) in [6.07, 6.45) is 0.369. The van der Waals surface area contributed by atoms with Crippen LogP contribution in [0.3, 0.4) is 0 Å². The molecule has 0 radical (unpaired) electrons. The maximum atomic E-state index is 14.0. The summed E-state index contributed by atoms with van der Waals surface area (Å²) in [6.45, 7) is 3.36. The second kappa shape index (κ2) is 15.8. The van der Waals surface area contributed by atoms with Crippen LogP contribution in [0.5, 0.6) is 0 Å². The van der Waals surface area contributed by atoms with Crippen LogP contribution in [0, 0.1) is 6.92 Å². The van der Waals surface area contributed by atoms with Crippen molar-refractivity contribution in [1.82, 2.24) is 31.4 Å². The van der Waals surface area contributed by atoms with Gasteiger partial charge in [0.1, 0.15) is 17.8 Å². The van der Waals surface area contributed by atoms with Gasteiger partial charge in [-0.25, -0.2) is 0 Å². The van der Waals surface area contributed by atoms with Gasteiger partial charge in [-0.15, -0.1) is 0 Å². The number of H-pyrrole nitrogens is 1. The Morgan fingerprint density at radius 1 is 0.812 bits per heavy atom. The fourth-order valence-electron chi connectivity index (χ4n) is 5.28. The number of para-hydroxylation sites is 1. The molecule has 4 atom stereocenters. The number of carbonyl (C=O) groups excluding carboxylic acids is 4. The number of amides is 3. The summed E-state index contributed by atoms with van der Waals surface area (Å²) < 4.78 is 4.95. The van der Waals surface area contributed by atoms with Crippen molar-refractivity contribution in [3.63, 3.8) is 0 Å². The van der Waals surface area contributed by atoms with E-state index in [0.29, 0.717) is 5.76 Å². The average molecular weight is 651 g/mol. The minimum atomic E-state index is -1.57. The summed E-state index contributed by atoms with van der Waals surface area (Å²) in [5.74, 6) is -2.07. The highest BCUT2D eigenvalue weighted by molar-refractivity contribution is 5.98. The number of hydrogen-bond acceptors (Lipinski definition) is 8. The molecule has 12 heteroatoms. The molecule has 0 saturated carbocycles. The highest BCUT2D eigenvalue weighted by Crippen LogP contribution is 2.19. The molecule has 0 fully saturated rings. The molecule has 3 amide bonds. The number of aliphatic hydroxyl groups is 1. The third-order valence-corrected chi connectivity index (χ3v) is 7.89. The van der Waals surface area contributed by atoms with Gasteiger partial charge < -0.3 is 30.6 Å². The van der Waals surface area contributed by atoms with Crippen molar-refractivity contribution in [2.75, 3.05) is 0 Å². The number of carbonyl (C=O) groups is 4. The van der Waals surface area contributed by atoms with E-state index in [4.69, 9.17) is 4.52 Å². The molecule has 248 valence electrons. The fourth-order valence-corrected chi connectivity index (χ4v) is 5.28. The number of benzene rings is 3. The number of aryl methyl sites for hydroxylation is 1. The number of Topliss-reactive ketones (excluding diaryl/α,β-unsaturated/α-hetero) is 1. The molecular formula is C36H38N6O6. The first-order chi connectivity index (χ1) is 23.2. The SMILES string of the molecule is Cc1cc(C(=O)N[C@@H](C)C(=O)N[C@@H](Cc2c[nH]c3ccccc23)C(=O)N[C@@H](Cc2ccccc2)C(=O)C(O)NCc2ccccc2)no1. The third-order valence-electron chi connectivity index (χ3n) is 7.89. The maximum Gasteiger partial charge on any atom is 0.274 e. The molecule has 2 aromatic heterocycles. The van der Waals surface area contributed by atoms with Gasteiger partial charge in [-0.05, 0) is 43.0 Å². The predicted octanol–water partition coefficient (Wildman–Crippen LogP) is 2.71. The zero-order valence-corrected chi connectivity index (χ0v) is 26.6. The average Bonchev–Trinajstić information content (AvgIpc) is 3.73. The van der Waals surface area contributed by atoms with Gasteiger partial charge in [0.05, 0.1) is 6.04 Å². The quantitative estimate of drug-likeness (QED) is 0.0937. The van der Waals surface area contributed by atoms with E-state index in [-0.39, 0.29) is 25.1 Å². The Hall–Kier alpha value is -5.59. The van der Waals surface area contributed by atoms with E-state index < -0.39 is 47.9 Å². The molecule has 0 saturated heterocycles. The highest BCUT2D eigenvalue weighted by Gasteiger charge is 2.32. The summed E-state index contributed by atoms with van der Waals surface area (Å²) >= 11 is 0. The lowest BCUT2D eigenvalue weighted by molar-refractivity contribution is -0.135. The molecule has 12 nitrogen and oxygen atoms in total. The summed E-state index contributed by atoms with van der Waals surface area (Å²) in [7, 11) is 0. The van der Waals surface area contributed by atoms with E-state index in [1.807, 2.05) is 84.9 Å². The number of nitrogens with one attached hydrogen (secondary N) is 5. The molecule has 6 N–H and O–H groups in total. The van der Waals surface area contributed by atoms with Gasteiger partial charge in [0, 0.05) is 36.1 Å². The van der Waals surface area contributed by atoms with Crippen LogP contribution in [-0.2, 0) is 33.8 Å². The van der Waals surface area contributed by atoms with Crippen molar-refractivity contribution >= 4 is 34.4 Å². The largest absolute Gasteiger partial charge is 0.371 e. The highest BCUT2D eigenvalue weighted by atomic mass is 16.5. The van der Waals surface area contributed by atoms with E-state index in [2.05, 4.69) is 31.4 Å². The Morgan fingerprint density at radius 3 is 2.15 bits per heavy atom. The first kappa shape index (κ1) is 33.8. The van der Waals surface area contributed by atoms with E-state index >= 15 is 0 Å². The monoisotopic (exact) mass is 650 g/mol. The molecule has 2 heterocycles. The van der Waals surface area contributed by atoms with Gasteiger partial charge in [-0.3, -0.25) is 24.5 Å². The van der Waals surface area contributed by atoms with E-state index in [9.17, 15) is 24.3 Å². The smallest absolute Gasteiger partial charge is 0.274 e. The van der Waals surface area contributed by atoms with Crippen LogP contribution in [0.4, 0.5) is 0 Å². The lowest BCUT2D eigenvalue weighted by atomic mass is 9.99. The summed E-state index contributed by atoms with van der Waals surface area (Å²) in [6, 6.07) is 24.1. The first-order valence-electron chi connectivity index (χ1n) is 15.6. The minimum absolute atomic E-state index is 0.0157. The van der Waals surface area contributed by atoms with Crippen molar-refractivity contribution in [2.45, 2.75) is 57.6 Å². The van der Waals surface area contributed by atoms with Crippen LogP contribution in [0.1, 0.15) is 39.9 Å². The van der Waals surface area contributed by atoms with Crippen LogP contribution >= 0.6 is 0 Å². The van der Waals surface area contributed by atoms with E-state index in [1.54, 1.807) is 13.1 Å². The van der Waals surface area contributed by atoms with E-state index in [1.165, 1.54) is 13.0 Å². The van der Waals surface area contributed by atoms with Gasteiger partial charge in [-0.2, -0.15) is 0 Å². The van der Waals surface area contributed by atoms with Crippen LogP contribution in [-0.4, -0.2) is 63.1 Å². The second-order valence-electron chi connectivity index (χ2n) is 11.6. The number of fused-ring (bicyclic) bond motifs is 1. The number of rotatable bonds is 15. The number of aromatic nitrogens is 2. The number of aromatic amines is 1. The second-order valence-corrected chi connectivity index (χ2v) is 11.6. The molecular weight excluding hydrogens is 612 g/mol. The van der Waals surface area contributed by atoms with Crippen LogP contribution in [0.2, 0.25) is 0 Å². The Morgan fingerprint density at radius 2 is 1.46 bits per heavy atom. The summed E-state index contributed by atoms with van der Waals surface area (Å²) in [5.41, 5.74) is 3.27. The van der Waals surface area contributed by atoms with Crippen molar-refractivity contribution in [3.05, 3.63) is 125 Å². The third kappa shape index (κ3) is 8.81. The Balaban J connectivity index is 1.35. The standard InChI is InChI=1S/C36H38N6O6/c1-22-17-31(42-48-22)35(46)39-23(2)33(44)41-30(19-26-21-37-28-16-10-9-15-27(26)28)34(45)40-29(18-24-11-5-3-6-12-24)32(43)36(47)38-20-25-13-7-4-8-14-25/h3-17,21,23,29-30,36-38,47H,18-20H2,1-2H3,(H,39,46)(H,40,45)(H,41,44)/t23-,29-,30-,36?/m0/s1. The molecule has 0 spiro atoms. The molecule has 3 aromatic carbocycles. The number of nitrogens with zero attached hydrogens (tertiary/aromatic N) is 1. The maximum absolute atomic E-state index is 14.0. The molecule has 0 bridgehead atoms. The Kier molecular flexibility index (Phi) is 11.1. The van der Waals surface area contributed by atoms with Crippen molar-refractivity contribution in [1.29, 1.82) is 0 Å². The molecule has 48 heavy (non-hydrogen) atoms. The van der Waals surface area contributed by atoms with Crippen LogP contribution in [0.25, 0.3) is 10.9 Å². The number of ketones is 1.